The first-order chi connectivity index (χ1) is 20.6. The number of carbonyl (C=O) groups excluding carboxylic acids is 1. The van der Waals surface area contributed by atoms with Gasteiger partial charge in [-0.2, -0.15) is 4.98 Å². The third-order valence-corrected chi connectivity index (χ3v) is 9.44. The number of aromatic nitrogens is 2. The summed E-state index contributed by atoms with van der Waals surface area (Å²) in [5.74, 6) is 1.90. The number of nitrogens with zero attached hydrogens (tertiary/aromatic N) is 4. The molecule has 2 N–H and O–H groups in total. The van der Waals surface area contributed by atoms with E-state index in [1.54, 1.807) is 32.2 Å². The van der Waals surface area contributed by atoms with Crippen molar-refractivity contribution in [3.05, 3.63) is 64.8 Å². The van der Waals surface area contributed by atoms with Gasteiger partial charge in [0.05, 0.1) is 24.7 Å². The number of benzene rings is 2. The van der Waals surface area contributed by atoms with Gasteiger partial charge in [0.1, 0.15) is 10.8 Å². The van der Waals surface area contributed by atoms with Gasteiger partial charge in [-0.1, -0.05) is 35.9 Å². The summed E-state index contributed by atoms with van der Waals surface area (Å²) in [6.07, 6.45) is 6.97. The molecule has 230 valence electrons. The summed E-state index contributed by atoms with van der Waals surface area (Å²) in [6.45, 7) is 5.48. The molecular formula is C31H39ClN6O4S. The number of para-hydroxylation sites is 1. The van der Waals surface area contributed by atoms with E-state index in [2.05, 4.69) is 37.6 Å². The van der Waals surface area contributed by atoms with Gasteiger partial charge in [0.25, 0.3) is 0 Å². The van der Waals surface area contributed by atoms with Crippen LogP contribution in [-0.2, 0) is 20.4 Å². The fourth-order valence-corrected chi connectivity index (χ4v) is 6.98. The van der Waals surface area contributed by atoms with Crippen molar-refractivity contribution in [1.82, 2.24) is 19.8 Å². The Hall–Kier alpha value is -3.41. The summed E-state index contributed by atoms with van der Waals surface area (Å²) in [6, 6.07) is 13.9. The van der Waals surface area contributed by atoms with Gasteiger partial charge in [-0.3, -0.25) is 4.79 Å². The zero-order valence-electron chi connectivity index (χ0n) is 24.8. The smallest absolute Gasteiger partial charge is 0.229 e. The van der Waals surface area contributed by atoms with Crippen molar-refractivity contribution in [3.8, 4) is 5.75 Å². The number of methoxy groups -OCH3 is 1. The topological polar surface area (TPSA) is 117 Å². The van der Waals surface area contributed by atoms with E-state index in [0.717, 1.165) is 57.5 Å². The summed E-state index contributed by atoms with van der Waals surface area (Å²) < 4.78 is 29.6. The van der Waals surface area contributed by atoms with Crippen LogP contribution in [0.5, 0.6) is 5.75 Å². The number of hydrogen-bond acceptors (Lipinski definition) is 9. The number of sulfone groups is 1. The first-order valence-electron chi connectivity index (χ1n) is 14.6. The number of carbonyl (C=O) groups is 1. The summed E-state index contributed by atoms with van der Waals surface area (Å²) in [4.78, 5) is 25.1. The first-order valence-corrected chi connectivity index (χ1v) is 17.0. The van der Waals surface area contributed by atoms with Crippen LogP contribution in [0.15, 0.2) is 48.7 Å². The zero-order valence-corrected chi connectivity index (χ0v) is 26.4. The van der Waals surface area contributed by atoms with E-state index in [1.165, 1.54) is 18.0 Å². The summed E-state index contributed by atoms with van der Waals surface area (Å²) >= 11 is 6.40. The highest BCUT2D eigenvalue weighted by Gasteiger charge is 2.29. The molecule has 3 aromatic rings. The minimum absolute atomic E-state index is 0.104. The second kappa shape index (κ2) is 13.5. The molecule has 0 saturated carbocycles. The third-order valence-electron chi connectivity index (χ3n) is 8.33. The van der Waals surface area contributed by atoms with E-state index in [-0.39, 0.29) is 11.7 Å². The Bertz CT molecular complexity index is 1550. The number of nitrogens with one attached hydrogen (secondary N) is 2. The maximum Gasteiger partial charge on any atom is 0.229 e. The maximum atomic E-state index is 11.9. The second-order valence-corrected chi connectivity index (χ2v) is 13.9. The molecule has 5 rings (SSSR count). The van der Waals surface area contributed by atoms with Crippen molar-refractivity contribution in [3.63, 3.8) is 0 Å². The van der Waals surface area contributed by atoms with Crippen LogP contribution >= 0.6 is 11.6 Å². The molecule has 3 heterocycles. The van der Waals surface area contributed by atoms with Crippen LogP contribution in [0.1, 0.15) is 49.7 Å². The van der Waals surface area contributed by atoms with E-state index in [1.807, 2.05) is 17.0 Å². The lowest BCUT2D eigenvalue weighted by Gasteiger charge is -2.41. The molecule has 0 aliphatic carbocycles. The van der Waals surface area contributed by atoms with Gasteiger partial charge in [0.15, 0.2) is 15.7 Å². The van der Waals surface area contributed by atoms with Crippen molar-refractivity contribution in [2.24, 2.45) is 0 Å². The summed E-state index contributed by atoms with van der Waals surface area (Å²) in [5, 5.41) is 6.71. The average molecular weight is 627 g/mol. The SMILES string of the molecule is COc1cc(C2CCN(C3CCN(C(C)=O)CC3)CC2)ccc1Nc1ncc(Cl)c(Nc2ccccc2CS(C)(=O)=O)n1. The van der Waals surface area contributed by atoms with Crippen LogP contribution in [0.2, 0.25) is 5.02 Å². The molecule has 1 aromatic heterocycles. The molecule has 2 aromatic carbocycles. The molecule has 0 unspecified atom stereocenters. The Morgan fingerprint density at radius 2 is 1.74 bits per heavy atom. The lowest BCUT2D eigenvalue weighted by atomic mass is 9.87. The molecule has 12 heteroatoms. The van der Waals surface area contributed by atoms with E-state index >= 15 is 0 Å². The minimum Gasteiger partial charge on any atom is -0.495 e. The fourth-order valence-electron chi connectivity index (χ4n) is 6.02. The molecule has 43 heavy (non-hydrogen) atoms. The van der Waals surface area contributed by atoms with Crippen molar-refractivity contribution < 1.29 is 17.9 Å². The Morgan fingerprint density at radius 1 is 1.02 bits per heavy atom. The number of ether oxygens (including phenoxy) is 1. The number of rotatable bonds is 9. The van der Waals surface area contributed by atoms with Gasteiger partial charge in [-0.15, -0.1) is 0 Å². The molecule has 0 bridgehead atoms. The van der Waals surface area contributed by atoms with Crippen LogP contribution < -0.4 is 15.4 Å². The van der Waals surface area contributed by atoms with Gasteiger partial charge < -0.3 is 25.2 Å². The number of amides is 1. The third kappa shape index (κ3) is 7.95. The number of hydrogen-bond donors (Lipinski definition) is 2. The number of likely N-dealkylation sites (tertiary alicyclic amines) is 2. The second-order valence-electron chi connectivity index (χ2n) is 11.4. The molecule has 2 saturated heterocycles. The summed E-state index contributed by atoms with van der Waals surface area (Å²) in [7, 11) is -1.58. The minimum atomic E-state index is -3.23. The lowest BCUT2D eigenvalue weighted by Crippen LogP contribution is -2.48. The van der Waals surface area contributed by atoms with Crippen molar-refractivity contribution >= 4 is 50.5 Å². The van der Waals surface area contributed by atoms with Gasteiger partial charge in [0.2, 0.25) is 11.9 Å². The summed E-state index contributed by atoms with van der Waals surface area (Å²) in [5.41, 5.74) is 3.20. The van der Waals surface area contributed by atoms with E-state index in [9.17, 15) is 13.2 Å². The molecule has 0 atom stereocenters. The van der Waals surface area contributed by atoms with Gasteiger partial charge in [-0.05, 0) is 74.0 Å². The highest BCUT2D eigenvalue weighted by Crippen LogP contribution is 2.36. The Labute approximate surface area is 258 Å². The first kappa shape index (κ1) is 31.0. The van der Waals surface area contributed by atoms with Gasteiger partial charge >= 0.3 is 0 Å². The van der Waals surface area contributed by atoms with Crippen LogP contribution in [-0.4, -0.2) is 79.7 Å². The molecule has 10 nitrogen and oxygen atoms in total. The molecule has 0 spiro atoms. The maximum absolute atomic E-state index is 11.9. The Morgan fingerprint density at radius 3 is 2.42 bits per heavy atom. The lowest BCUT2D eigenvalue weighted by molar-refractivity contribution is -0.130. The molecule has 1 amide bonds. The normalized spacial score (nSPS) is 17.1. The van der Waals surface area contributed by atoms with Crippen molar-refractivity contribution in [1.29, 1.82) is 0 Å². The highest BCUT2D eigenvalue weighted by molar-refractivity contribution is 7.89. The Kier molecular flexibility index (Phi) is 9.73. The number of piperidine rings is 2. The molecular weight excluding hydrogens is 588 g/mol. The fraction of sp³-hybridized carbons (Fsp3) is 0.452. The van der Waals surface area contributed by atoms with E-state index < -0.39 is 9.84 Å². The zero-order chi connectivity index (χ0) is 30.6. The van der Waals surface area contributed by atoms with Crippen molar-refractivity contribution in [2.75, 3.05) is 50.2 Å². The predicted molar refractivity (Wildman–Crippen MR) is 170 cm³/mol. The molecule has 2 fully saturated rings. The van der Waals surface area contributed by atoms with Gasteiger partial charge in [-0.25, -0.2) is 13.4 Å². The molecule has 0 radical (unpaired) electrons. The van der Waals surface area contributed by atoms with Crippen LogP contribution in [0.4, 0.5) is 23.1 Å². The predicted octanol–water partition coefficient (Wildman–Crippen LogP) is 5.36. The number of halogens is 1. The standard InChI is InChI=1S/C31H39ClN6O4S/c1-21(39)37-16-12-25(13-17-37)38-14-10-22(11-15-38)23-8-9-28(29(18-23)42-2)35-31-33-19-26(32)30(36-31)34-27-7-5-4-6-24(27)20-43(3,40)41/h4-9,18-19,22,25H,10-17,20H2,1-3H3,(H2,33,34,35,36). The van der Waals surface area contributed by atoms with Crippen LogP contribution in [0, 0.1) is 0 Å². The van der Waals surface area contributed by atoms with Crippen LogP contribution in [0.25, 0.3) is 0 Å². The van der Waals surface area contributed by atoms with Crippen molar-refractivity contribution in [2.45, 2.75) is 50.3 Å². The quantitative estimate of drug-likeness (QED) is 0.324. The van der Waals surface area contributed by atoms with E-state index in [4.69, 9.17) is 16.3 Å². The van der Waals surface area contributed by atoms with E-state index in [0.29, 0.717) is 45.7 Å². The number of anilines is 4. The van der Waals surface area contributed by atoms with Crippen LogP contribution in [0.3, 0.4) is 0 Å². The molecule has 2 aliphatic rings. The molecule has 2 aliphatic heterocycles. The monoisotopic (exact) mass is 626 g/mol. The average Bonchev–Trinajstić information content (AvgIpc) is 2.99. The largest absolute Gasteiger partial charge is 0.495 e. The Balaban J connectivity index is 1.24. The van der Waals surface area contributed by atoms with Gasteiger partial charge in [0, 0.05) is 38.0 Å². The highest BCUT2D eigenvalue weighted by atomic mass is 35.5.